The smallest absolute Gasteiger partial charge is 0.231 e. The SMILES string of the molecule is c1cc2c(cc1CCSSCCc1ccc3c(c1)OCO3)OCO2. The van der Waals surface area contributed by atoms with E-state index in [9.17, 15) is 0 Å². The van der Waals surface area contributed by atoms with Crippen LogP contribution in [0.15, 0.2) is 36.4 Å². The van der Waals surface area contributed by atoms with Crippen LogP contribution in [0.3, 0.4) is 0 Å². The van der Waals surface area contributed by atoms with Crippen molar-refractivity contribution in [3.63, 3.8) is 0 Å². The molecule has 6 heteroatoms. The molecule has 2 heterocycles. The molecule has 0 bridgehead atoms. The van der Waals surface area contributed by atoms with Crippen molar-refractivity contribution >= 4 is 21.6 Å². The van der Waals surface area contributed by atoms with Gasteiger partial charge in [-0.2, -0.15) is 0 Å². The maximum absolute atomic E-state index is 5.41. The van der Waals surface area contributed by atoms with Crippen molar-refractivity contribution in [1.82, 2.24) is 0 Å². The van der Waals surface area contributed by atoms with Crippen LogP contribution < -0.4 is 18.9 Å². The first kappa shape index (κ1) is 15.8. The summed E-state index contributed by atoms with van der Waals surface area (Å²) in [7, 11) is 3.83. The molecule has 126 valence electrons. The maximum atomic E-state index is 5.41. The van der Waals surface area contributed by atoms with Gasteiger partial charge in [-0.3, -0.25) is 0 Å². The van der Waals surface area contributed by atoms with Gasteiger partial charge in [-0.15, -0.1) is 0 Å². The van der Waals surface area contributed by atoms with Crippen molar-refractivity contribution in [2.75, 3.05) is 25.1 Å². The predicted molar refractivity (Wildman–Crippen MR) is 97.5 cm³/mol. The average Bonchev–Trinajstić information content (AvgIpc) is 3.25. The van der Waals surface area contributed by atoms with E-state index in [1.807, 2.05) is 33.7 Å². The first-order valence-electron chi connectivity index (χ1n) is 7.90. The molecule has 0 fully saturated rings. The Bertz CT molecular complexity index is 659. The van der Waals surface area contributed by atoms with Crippen LogP contribution in [0.4, 0.5) is 0 Å². The minimum absolute atomic E-state index is 0.337. The minimum atomic E-state index is 0.337. The van der Waals surface area contributed by atoms with Crippen LogP contribution in [-0.2, 0) is 12.8 Å². The number of aryl methyl sites for hydroxylation is 2. The van der Waals surface area contributed by atoms with Crippen LogP contribution >= 0.6 is 21.6 Å². The van der Waals surface area contributed by atoms with E-state index in [0.717, 1.165) is 47.3 Å². The highest BCUT2D eigenvalue weighted by Gasteiger charge is 2.14. The zero-order valence-electron chi connectivity index (χ0n) is 13.2. The van der Waals surface area contributed by atoms with E-state index in [-0.39, 0.29) is 0 Å². The summed E-state index contributed by atoms with van der Waals surface area (Å²) in [4.78, 5) is 0. The van der Waals surface area contributed by atoms with Crippen molar-refractivity contribution < 1.29 is 18.9 Å². The number of hydrogen-bond acceptors (Lipinski definition) is 6. The Morgan fingerprint density at radius 2 is 1.08 bits per heavy atom. The predicted octanol–water partition coefficient (Wildman–Crippen LogP) is 4.31. The zero-order valence-corrected chi connectivity index (χ0v) is 14.8. The van der Waals surface area contributed by atoms with Crippen LogP contribution in [0, 0.1) is 0 Å². The Kier molecular flexibility index (Phi) is 4.94. The van der Waals surface area contributed by atoms with Gasteiger partial charge in [-0.1, -0.05) is 33.7 Å². The lowest BCUT2D eigenvalue weighted by Crippen LogP contribution is -1.93. The van der Waals surface area contributed by atoms with Gasteiger partial charge in [0, 0.05) is 11.5 Å². The van der Waals surface area contributed by atoms with Gasteiger partial charge in [-0.25, -0.2) is 0 Å². The highest BCUT2D eigenvalue weighted by atomic mass is 33.1. The first-order chi connectivity index (χ1) is 11.9. The third-order valence-electron chi connectivity index (χ3n) is 3.91. The maximum Gasteiger partial charge on any atom is 0.231 e. The molecule has 4 rings (SSSR count). The fourth-order valence-electron chi connectivity index (χ4n) is 2.63. The molecule has 0 atom stereocenters. The van der Waals surface area contributed by atoms with E-state index >= 15 is 0 Å². The Morgan fingerprint density at radius 3 is 1.58 bits per heavy atom. The molecule has 4 nitrogen and oxygen atoms in total. The second-order valence-electron chi connectivity index (χ2n) is 5.52. The molecular weight excluding hydrogens is 344 g/mol. The molecule has 2 aliphatic rings. The fraction of sp³-hybridized carbons (Fsp3) is 0.333. The number of rotatable bonds is 7. The molecule has 0 saturated carbocycles. The largest absolute Gasteiger partial charge is 0.454 e. The van der Waals surface area contributed by atoms with Crippen LogP contribution in [0.25, 0.3) is 0 Å². The average molecular weight is 362 g/mol. The van der Waals surface area contributed by atoms with Gasteiger partial charge in [0.05, 0.1) is 0 Å². The highest BCUT2D eigenvalue weighted by Crippen LogP contribution is 2.34. The molecule has 0 N–H and O–H groups in total. The van der Waals surface area contributed by atoms with E-state index in [1.54, 1.807) is 0 Å². The second kappa shape index (κ2) is 7.49. The monoisotopic (exact) mass is 362 g/mol. The standard InChI is InChI=1S/C18H18O4S2/c1-3-15-17(21-11-19-15)9-13(1)5-7-23-24-8-6-14-2-4-16-18(10-14)22-12-20-16/h1-4,9-10H,5-8,11-12H2. The van der Waals surface area contributed by atoms with E-state index in [0.29, 0.717) is 13.6 Å². The Labute approximate surface area is 149 Å². The quantitative estimate of drug-likeness (QED) is 0.540. The van der Waals surface area contributed by atoms with Crippen molar-refractivity contribution in [2.24, 2.45) is 0 Å². The van der Waals surface area contributed by atoms with Crippen LogP contribution in [0.1, 0.15) is 11.1 Å². The van der Waals surface area contributed by atoms with Crippen LogP contribution in [-0.4, -0.2) is 25.1 Å². The molecule has 0 aliphatic carbocycles. The Morgan fingerprint density at radius 1 is 0.625 bits per heavy atom. The summed E-state index contributed by atoms with van der Waals surface area (Å²) in [6.45, 7) is 0.673. The number of hydrogen-bond donors (Lipinski definition) is 0. The third-order valence-corrected chi connectivity index (χ3v) is 6.31. The second-order valence-corrected chi connectivity index (χ2v) is 8.22. The van der Waals surface area contributed by atoms with Crippen LogP contribution in [0.2, 0.25) is 0 Å². The topological polar surface area (TPSA) is 36.9 Å². The summed E-state index contributed by atoms with van der Waals surface area (Å²) < 4.78 is 21.5. The lowest BCUT2D eigenvalue weighted by Gasteiger charge is -2.04. The summed E-state index contributed by atoms with van der Waals surface area (Å²) in [5.74, 6) is 5.62. The summed E-state index contributed by atoms with van der Waals surface area (Å²) in [6.07, 6.45) is 2.08. The molecule has 0 spiro atoms. The fourth-order valence-corrected chi connectivity index (χ4v) is 4.71. The molecule has 0 amide bonds. The Hall–Kier alpha value is -1.66. The van der Waals surface area contributed by atoms with Crippen LogP contribution in [0.5, 0.6) is 23.0 Å². The van der Waals surface area contributed by atoms with Gasteiger partial charge in [0.25, 0.3) is 0 Å². The van der Waals surface area contributed by atoms with E-state index in [1.165, 1.54) is 11.1 Å². The molecule has 2 aliphatic heterocycles. The number of fused-ring (bicyclic) bond motifs is 2. The lowest BCUT2D eigenvalue weighted by atomic mass is 10.1. The van der Waals surface area contributed by atoms with Gasteiger partial charge >= 0.3 is 0 Å². The summed E-state index contributed by atoms with van der Waals surface area (Å²) in [5.41, 5.74) is 2.59. The van der Waals surface area contributed by atoms with E-state index < -0.39 is 0 Å². The molecule has 0 aromatic heterocycles. The molecular formula is C18H18O4S2. The molecule has 0 unspecified atom stereocenters. The molecule has 2 aromatic rings. The van der Waals surface area contributed by atoms with Crippen molar-refractivity contribution in [2.45, 2.75) is 12.8 Å². The van der Waals surface area contributed by atoms with Crippen molar-refractivity contribution in [3.05, 3.63) is 47.5 Å². The van der Waals surface area contributed by atoms with E-state index in [2.05, 4.69) is 24.3 Å². The molecule has 24 heavy (non-hydrogen) atoms. The molecule has 2 aromatic carbocycles. The summed E-state index contributed by atoms with van der Waals surface area (Å²) >= 11 is 0. The third kappa shape index (κ3) is 3.70. The number of ether oxygens (including phenoxy) is 4. The lowest BCUT2D eigenvalue weighted by molar-refractivity contribution is 0.173. The minimum Gasteiger partial charge on any atom is -0.454 e. The first-order valence-corrected chi connectivity index (χ1v) is 10.4. The van der Waals surface area contributed by atoms with Crippen molar-refractivity contribution in [1.29, 1.82) is 0 Å². The normalized spacial score (nSPS) is 14.2. The molecule has 0 radical (unpaired) electrons. The highest BCUT2D eigenvalue weighted by molar-refractivity contribution is 8.76. The van der Waals surface area contributed by atoms with Gasteiger partial charge < -0.3 is 18.9 Å². The van der Waals surface area contributed by atoms with Gasteiger partial charge in [0.2, 0.25) is 13.6 Å². The van der Waals surface area contributed by atoms with E-state index in [4.69, 9.17) is 18.9 Å². The zero-order chi connectivity index (χ0) is 16.2. The van der Waals surface area contributed by atoms with Gasteiger partial charge in [0.1, 0.15) is 0 Å². The molecule has 0 saturated heterocycles. The van der Waals surface area contributed by atoms with Gasteiger partial charge in [-0.05, 0) is 48.2 Å². The summed E-state index contributed by atoms with van der Waals surface area (Å²) in [6, 6.07) is 12.4. The summed E-state index contributed by atoms with van der Waals surface area (Å²) in [5, 5.41) is 0. The van der Waals surface area contributed by atoms with Gasteiger partial charge in [0.15, 0.2) is 23.0 Å². The number of benzene rings is 2. The van der Waals surface area contributed by atoms with Crippen molar-refractivity contribution in [3.8, 4) is 23.0 Å². The Balaban J connectivity index is 1.16.